The Balaban J connectivity index is 2.61. The molecule has 1 aromatic rings. The van der Waals surface area contributed by atoms with Gasteiger partial charge in [-0.05, 0) is 57.9 Å². The van der Waals surface area contributed by atoms with Crippen molar-refractivity contribution >= 4 is 5.91 Å². The minimum atomic E-state index is -0.502. The Kier molecular flexibility index (Phi) is 5.12. The van der Waals surface area contributed by atoms with Crippen LogP contribution in [0.2, 0.25) is 0 Å². The molecule has 0 unspecified atom stereocenters. The van der Waals surface area contributed by atoms with Crippen molar-refractivity contribution in [1.29, 1.82) is 0 Å². The second-order valence-corrected chi connectivity index (χ2v) is 5.77. The van der Waals surface area contributed by atoms with Gasteiger partial charge in [0, 0.05) is 13.6 Å². The molecule has 1 amide bonds. The van der Waals surface area contributed by atoms with Gasteiger partial charge in [-0.1, -0.05) is 18.2 Å². The van der Waals surface area contributed by atoms with Crippen molar-refractivity contribution in [3.63, 3.8) is 0 Å². The molecule has 0 radical (unpaired) electrons. The zero-order chi connectivity index (χ0) is 14.6. The number of rotatable bonds is 5. The van der Waals surface area contributed by atoms with Gasteiger partial charge < -0.3 is 10.2 Å². The van der Waals surface area contributed by atoms with E-state index >= 15 is 0 Å². The summed E-state index contributed by atoms with van der Waals surface area (Å²) in [6.45, 7) is 8.79. The predicted octanol–water partition coefficient (Wildman–Crippen LogP) is 2.30. The van der Waals surface area contributed by atoms with Gasteiger partial charge in [-0.15, -0.1) is 0 Å². The van der Waals surface area contributed by atoms with Crippen LogP contribution in [0.3, 0.4) is 0 Å². The molecule has 1 N–H and O–H groups in total. The Morgan fingerprint density at radius 3 is 2.42 bits per heavy atom. The largest absolute Gasteiger partial charge is 0.344 e. The first-order valence-corrected chi connectivity index (χ1v) is 6.78. The average Bonchev–Trinajstić information content (AvgIpc) is 2.38. The molecule has 0 aromatic heterocycles. The van der Waals surface area contributed by atoms with E-state index in [1.807, 2.05) is 27.9 Å². The Morgan fingerprint density at radius 1 is 1.26 bits per heavy atom. The predicted molar refractivity (Wildman–Crippen MR) is 80.4 cm³/mol. The number of carbonyl (C=O) groups is 1. The van der Waals surface area contributed by atoms with Crippen molar-refractivity contribution < 1.29 is 4.79 Å². The topological polar surface area (TPSA) is 32.3 Å². The van der Waals surface area contributed by atoms with E-state index in [0.717, 1.165) is 13.0 Å². The fourth-order valence-corrected chi connectivity index (χ4v) is 1.94. The summed E-state index contributed by atoms with van der Waals surface area (Å²) in [7, 11) is 3.68. The third kappa shape index (κ3) is 4.06. The normalized spacial score (nSPS) is 11.5. The van der Waals surface area contributed by atoms with Gasteiger partial charge in [0.25, 0.3) is 0 Å². The third-order valence-corrected chi connectivity index (χ3v) is 3.81. The van der Waals surface area contributed by atoms with Gasteiger partial charge in [-0.25, -0.2) is 0 Å². The fourth-order valence-electron chi connectivity index (χ4n) is 1.94. The zero-order valence-electron chi connectivity index (χ0n) is 13.0. The SMILES string of the molecule is CNC(C)(C)C(=O)N(C)CCc1ccc(C)c(C)c1. The van der Waals surface area contributed by atoms with Crippen LogP contribution in [0, 0.1) is 13.8 Å². The van der Waals surface area contributed by atoms with Gasteiger partial charge in [0.2, 0.25) is 5.91 Å². The molecule has 19 heavy (non-hydrogen) atoms. The van der Waals surface area contributed by atoms with Gasteiger partial charge in [-0.2, -0.15) is 0 Å². The number of benzene rings is 1. The number of likely N-dealkylation sites (N-methyl/N-ethyl adjacent to an activating group) is 2. The van der Waals surface area contributed by atoms with Gasteiger partial charge in [-0.3, -0.25) is 4.79 Å². The standard InChI is InChI=1S/C16H26N2O/c1-12-7-8-14(11-13(12)2)9-10-18(6)15(19)16(3,4)17-5/h7-8,11,17H,9-10H2,1-6H3. The van der Waals surface area contributed by atoms with Crippen LogP contribution in [0.1, 0.15) is 30.5 Å². The Hall–Kier alpha value is -1.35. The number of nitrogens with zero attached hydrogens (tertiary/aromatic N) is 1. The first-order chi connectivity index (χ1) is 8.77. The second-order valence-electron chi connectivity index (χ2n) is 5.77. The van der Waals surface area contributed by atoms with Crippen molar-refractivity contribution in [3.8, 4) is 0 Å². The number of hydrogen-bond donors (Lipinski definition) is 1. The number of amides is 1. The summed E-state index contributed by atoms with van der Waals surface area (Å²) in [4.78, 5) is 14.0. The first kappa shape index (κ1) is 15.7. The molecule has 0 saturated carbocycles. The smallest absolute Gasteiger partial charge is 0.242 e. The van der Waals surface area contributed by atoms with Crippen LogP contribution in [-0.2, 0) is 11.2 Å². The maximum atomic E-state index is 12.2. The van der Waals surface area contributed by atoms with Gasteiger partial charge in [0.1, 0.15) is 0 Å². The van der Waals surface area contributed by atoms with E-state index in [4.69, 9.17) is 0 Å². The second kappa shape index (κ2) is 6.20. The van der Waals surface area contributed by atoms with Crippen LogP contribution in [-0.4, -0.2) is 37.0 Å². The Labute approximate surface area is 117 Å². The van der Waals surface area contributed by atoms with E-state index in [2.05, 4.69) is 37.4 Å². The highest BCUT2D eigenvalue weighted by molar-refractivity contribution is 5.85. The maximum absolute atomic E-state index is 12.2. The minimum absolute atomic E-state index is 0.124. The lowest BCUT2D eigenvalue weighted by Crippen LogP contribution is -2.52. The summed E-state index contributed by atoms with van der Waals surface area (Å²) < 4.78 is 0. The van der Waals surface area contributed by atoms with Crippen molar-refractivity contribution in [3.05, 3.63) is 34.9 Å². The molecule has 3 nitrogen and oxygen atoms in total. The molecular formula is C16H26N2O. The quantitative estimate of drug-likeness (QED) is 0.883. The molecule has 1 rings (SSSR count). The summed E-state index contributed by atoms with van der Waals surface area (Å²) >= 11 is 0. The van der Waals surface area contributed by atoms with E-state index in [1.54, 1.807) is 4.90 Å². The van der Waals surface area contributed by atoms with Gasteiger partial charge in [0.15, 0.2) is 0 Å². The van der Waals surface area contributed by atoms with Crippen LogP contribution >= 0.6 is 0 Å². The summed E-state index contributed by atoms with van der Waals surface area (Å²) in [5.41, 5.74) is 3.40. The molecule has 0 heterocycles. The molecule has 106 valence electrons. The monoisotopic (exact) mass is 262 g/mol. The van der Waals surface area contributed by atoms with E-state index < -0.39 is 5.54 Å². The molecule has 0 aliphatic rings. The third-order valence-electron chi connectivity index (χ3n) is 3.81. The molecule has 0 fully saturated rings. The molecule has 0 atom stereocenters. The summed E-state index contributed by atoms with van der Waals surface area (Å²) in [5, 5.41) is 3.05. The molecule has 1 aromatic carbocycles. The highest BCUT2D eigenvalue weighted by Crippen LogP contribution is 2.12. The van der Waals surface area contributed by atoms with Gasteiger partial charge in [0.05, 0.1) is 5.54 Å². The van der Waals surface area contributed by atoms with E-state index in [-0.39, 0.29) is 5.91 Å². The summed E-state index contributed by atoms with van der Waals surface area (Å²) in [6.07, 6.45) is 0.892. The zero-order valence-corrected chi connectivity index (χ0v) is 13.0. The lowest BCUT2D eigenvalue weighted by Gasteiger charge is -2.29. The molecule has 0 aliphatic heterocycles. The van der Waals surface area contributed by atoms with Crippen molar-refractivity contribution in [2.24, 2.45) is 0 Å². The van der Waals surface area contributed by atoms with Crippen molar-refractivity contribution in [2.75, 3.05) is 20.6 Å². The Bertz CT molecular complexity index is 452. The van der Waals surface area contributed by atoms with Crippen LogP contribution in [0.4, 0.5) is 0 Å². The van der Waals surface area contributed by atoms with Crippen LogP contribution in [0.15, 0.2) is 18.2 Å². The maximum Gasteiger partial charge on any atom is 0.242 e. The van der Waals surface area contributed by atoms with Crippen LogP contribution in [0.5, 0.6) is 0 Å². The Morgan fingerprint density at radius 2 is 1.89 bits per heavy atom. The number of hydrogen-bond acceptors (Lipinski definition) is 2. The summed E-state index contributed by atoms with van der Waals surface area (Å²) in [6, 6.07) is 6.49. The summed E-state index contributed by atoms with van der Waals surface area (Å²) in [5.74, 6) is 0.124. The van der Waals surface area contributed by atoms with E-state index in [9.17, 15) is 4.79 Å². The van der Waals surface area contributed by atoms with Crippen LogP contribution in [0.25, 0.3) is 0 Å². The first-order valence-electron chi connectivity index (χ1n) is 6.78. The van der Waals surface area contributed by atoms with E-state index in [0.29, 0.717) is 0 Å². The van der Waals surface area contributed by atoms with Crippen molar-refractivity contribution in [2.45, 2.75) is 39.7 Å². The highest BCUT2D eigenvalue weighted by atomic mass is 16.2. The number of carbonyl (C=O) groups excluding carboxylic acids is 1. The van der Waals surface area contributed by atoms with Crippen molar-refractivity contribution in [1.82, 2.24) is 10.2 Å². The lowest BCUT2D eigenvalue weighted by molar-refractivity contribution is -0.135. The fraction of sp³-hybridized carbons (Fsp3) is 0.562. The minimum Gasteiger partial charge on any atom is -0.344 e. The highest BCUT2D eigenvalue weighted by Gasteiger charge is 2.27. The molecule has 0 saturated heterocycles. The molecular weight excluding hydrogens is 236 g/mol. The van der Waals surface area contributed by atoms with Gasteiger partial charge >= 0.3 is 0 Å². The molecule has 3 heteroatoms. The number of aryl methyl sites for hydroxylation is 2. The molecule has 0 spiro atoms. The number of nitrogens with one attached hydrogen (secondary N) is 1. The van der Waals surface area contributed by atoms with Crippen LogP contribution < -0.4 is 5.32 Å². The molecule has 0 aliphatic carbocycles. The molecule has 0 bridgehead atoms. The average molecular weight is 262 g/mol. The lowest BCUT2D eigenvalue weighted by atomic mass is 10.0. The van der Waals surface area contributed by atoms with E-state index in [1.165, 1.54) is 16.7 Å².